The number of anilines is 2. The standard InChI is InChI=1S/C21H26N4O4.HI/c1-22-21(24-15-9-10-18(27-2)19(13-15)28-3)23-11-6-12-25-16-7-4-5-8-17(16)29-14-20(25)26;/h4-5,7-10,13H,6,11-12,14H2,1-3H3,(H2,22,23,24);1H. The first kappa shape index (κ1) is 23.6. The highest BCUT2D eigenvalue weighted by Gasteiger charge is 2.24. The maximum Gasteiger partial charge on any atom is 0.265 e. The number of carbonyl (C=O) groups is 1. The molecular weight excluding hydrogens is 499 g/mol. The Balaban J connectivity index is 0.00000320. The van der Waals surface area contributed by atoms with Gasteiger partial charge in [-0.25, -0.2) is 0 Å². The molecule has 1 heterocycles. The van der Waals surface area contributed by atoms with Gasteiger partial charge in [0.05, 0.1) is 19.9 Å². The summed E-state index contributed by atoms with van der Waals surface area (Å²) in [5, 5.41) is 6.48. The second-order valence-electron chi connectivity index (χ2n) is 6.35. The van der Waals surface area contributed by atoms with Crippen molar-refractivity contribution in [2.75, 3.05) is 51.2 Å². The second kappa shape index (κ2) is 11.5. The van der Waals surface area contributed by atoms with Gasteiger partial charge in [-0.05, 0) is 30.7 Å². The van der Waals surface area contributed by atoms with Crippen molar-refractivity contribution in [3.63, 3.8) is 0 Å². The lowest BCUT2D eigenvalue weighted by Crippen LogP contribution is -2.41. The van der Waals surface area contributed by atoms with Crippen molar-refractivity contribution in [1.82, 2.24) is 5.32 Å². The largest absolute Gasteiger partial charge is 0.493 e. The van der Waals surface area contributed by atoms with Crippen LogP contribution >= 0.6 is 24.0 Å². The zero-order chi connectivity index (χ0) is 20.6. The van der Waals surface area contributed by atoms with Crippen molar-refractivity contribution < 1.29 is 19.0 Å². The van der Waals surface area contributed by atoms with E-state index in [9.17, 15) is 4.79 Å². The van der Waals surface area contributed by atoms with E-state index in [1.807, 2.05) is 42.5 Å². The molecule has 30 heavy (non-hydrogen) atoms. The molecule has 3 rings (SSSR count). The maximum atomic E-state index is 12.2. The Labute approximate surface area is 193 Å². The van der Waals surface area contributed by atoms with Gasteiger partial charge >= 0.3 is 0 Å². The van der Waals surface area contributed by atoms with Gasteiger partial charge in [-0.15, -0.1) is 24.0 Å². The molecule has 0 spiro atoms. The van der Waals surface area contributed by atoms with Gasteiger partial charge < -0.3 is 29.7 Å². The minimum Gasteiger partial charge on any atom is -0.493 e. The van der Waals surface area contributed by atoms with Crippen molar-refractivity contribution >= 4 is 47.2 Å². The lowest BCUT2D eigenvalue weighted by atomic mass is 10.2. The van der Waals surface area contributed by atoms with Crippen LogP contribution in [0.15, 0.2) is 47.5 Å². The highest BCUT2D eigenvalue weighted by molar-refractivity contribution is 14.0. The number of halogens is 1. The SMILES string of the molecule is CN=C(NCCCN1C(=O)COc2ccccc21)Nc1ccc(OC)c(OC)c1.I. The third-order valence-corrected chi connectivity index (χ3v) is 4.53. The first-order chi connectivity index (χ1) is 14.2. The predicted molar refractivity (Wildman–Crippen MR) is 129 cm³/mol. The third kappa shape index (κ3) is 5.68. The van der Waals surface area contributed by atoms with Crippen LogP contribution in [0.5, 0.6) is 17.2 Å². The quantitative estimate of drug-likeness (QED) is 0.250. The number of hydrogen-bond donors (Lipinski definition) is 2. The molecule has 0 saturated heterocycles. The number of ether oxygens (including phenoxy) is 3. The monoisotopic (exact) mass is 526 g/mol. The topological polar surface area (TPSA) is 84.4 Å². The molecule has 0 saturated carbocycles. The number of fused-ring (bicyclic) bond motifs is 1. The predicted octanol–water partition coefficient (Wildman–Crippen LogP) is 3.12. The van der Waals surface area contributed by atoms with Gasteiger partial charge in [0.2, 0.25) is 0 Å². The van der Waals surface area contributed by atoms with Crippen LogP contribution in [0.3, 0.4) is 0 Å². The molecule has 0 bridgehead atoms. The van der Waals surface area contributed by atoms with Crippen molar-refractivity contribution in [2.45, 2.75) is 6.42 Å². The fraction of sp³-hybridized carbons (Fsp3) is 0.333. The molecule has 1 aliphatic heterocycles. The van der Waals surface area contributed by atoms with Crippen LogP contribution in [-0.2, 0) is 4.79 Å². The van der Waals surface area contributed by atoms with E-state index in [-0.39, 0.29) is 36.5 Å². The average Bonchev–Trinajstić information content (AvgIpc) is 2.76. The Hall–Kier alpha value is -2.69. The van der Waals surface area contributed by atoms with Crippen molar-refractivity contribution in [3.05, 3.63) is 42.5 Å². The van der Waals surface area contributed by atoms with Crippen LogP contribution in [0.2, 0.25) is 0 Å². The summed E-state index contributed by atoms with van der Waals surface area (Å²) in [6, 6.07) is 13.1. The number of amides is 1. The fourth-order valence-electron chi connectivity index (χ4n) is 3.07. The highest BCUT2D eigenvalue weighted by Crippen LogP contribution is 2.31. The molecule has 1 aliphatic rings. The molecule has 9 heteroatoms. The number of aliphatic imine (C=N–C) groups is 1. The number of nitrogens with zero attached hydrogens (tertiary/aromatic N) is 2. The van der Waals surface area contributed by atoms with Gasteiger partial charge in [0.1, 0.15) is 5.75 Å². The number of carbonyl (C=O) groups excluding carboxylic acids is 1. The van der Waals surface area contributed by atoms with Crippen molar-refractivity contribution in [1.29, 1.82) is 0 Å². The number of hydrogen-bond acceptors (Lipinski definition) is 5. The van der Waals surface area contributed by atoms with Gasteiger partial charge in [-0.2, -0.15) is 0 Å². The number of benzene rings is 2. The van der Waals surface area contributed by atoms with E-state index in [2.05, 4.69) is 15.6 Å². The Kier molecular flexibility index (Phi) is 9.03. The summed E-state index contributed by atoms with van der Waals surface area (Å²) in [5.41, 5.74) is 1.64. The van der Waals surface area contributed by atoms with E-state index in [1.54, 1.807) is 26.2 Å². The second-order valence-corrected chi connectivity index (χ2v) is 6.35. The number of para-hydroxylation sites is 2. The van der Waals surface area contributed by atoms with Crippen molar-refractivity contribution in [2.24, 2.45) is 4.99 Å². The van der Waals surface area contributed by atoms with E-state index in [0.29, 0.717) is 30.5 Å². The molecule has 0 atom stereocenters. The Bertz CT molecular complexity index is 891. The Morgan fingerprint density at radius 2 is 1.93 bits per heavy atom. The molecular formula is C21H27IN4O4. The van der Waals surface area contributed by atoms with Crippen LogP contribution < -0.4 is 29.7 Å². The molecule has 0 aliphatic carbocycles. The summed E-state index contributed by atoms with van der Waals surface area (Å²) < 4.78 is 16.1. The summed E-state index contributed by atoms with van der Waals surface area (Å²) in [6.45, 7) is 1.33. The molecule has 0 fully saturated rings. The van der Waals surface area contributed by atoms with E-state index in [1.165, 1.54) is 0 Å². The average molecular weight is 526 g/mol. The summed E-state index contributed by atoms with van der Waals surface area (Å²) in [5.74, 6) is 2.64. The minimum atomic E-state index is -0.0310. The lowest BCUT2D eigenvalue weighted by Gasteiger charge is -2.29. The number of rotatable bonds is 7. The molecule has 2 aromatic carbocycles. The minimum absolute atomic E-state index is 0. The van der Waals surface area contributed by atoms with Crippen molar-refractivity contribution in [3.8, 4) is 17.2 Å². The Morgan fingerprint density at radius 1 is 1.17 bits per heavy atom. The van der Waals surface area contributed by atoms with Crippen LogP contribution in [-0.4, -0.2) is 52.8 Å². The van der Waals surface area contributed by atoms with Crippen LogP contribution in [0.25, 0.3) is 0 Å². The third-order valence-electron chi connectivity index (χ3n) is 4.53. The lowest BCUT2D eigenvalue weighted by molar-refractivity contribution is -0.121. The van der Waals surface area contributed by atoms with Gasteiger partial charge in [0, 0.05) is 31.9 Å². The molecule has 162 valence electrons. The molecule has 0 unspecified atom stereocenters. The van der Waals surface area contributed by atoms with Gasteiger partial charge in [-0.3, -0.25) is 9.79 Å². The van der Waals surface area contributed by atoms with E-state index in [0.717, 1.165) is 23.5 Å². The first-order valence-corrected chi connectivity index (χ1v) is 9.38. The van der Waals surface area contributed by atoms with E-state index in [4.69, 9.17) is 14.2 Å². The highest BCUT2D eigenvalue weighted by atomic mass is 127. The number of methoxy groups -OCH3 is 2. The Morgan fingerprint density at radius 3 is 2.67 bits per heavy atom. The maximum absolute atomic E-state index is 12.2. The molecule has 0 aromatic heterocycles. The van der Waals surface area contributed by atoms with Crippen LogP contribution in [0, 0.1) is 0 Å². The summed E-state index contributed by atoms with van der Waals surface area (Å²) in [4.78, 5) is 18.2. The van der Waals surface area contributed by atoms with Gasteiger partial charge in [-0.1, -0.05) is 12.1 Å². The normalized spacial score (nSPS) is 13.0. The first-order valence-electron chi connectivity index (χ1n) is 9.38. The summed E-state index contributed by atoms with van der Waals surface area (Å²) in [7, 11) is 4.90. The zero-order valence-electron chi connectivity index (χ0n) is 17.3. The number of nitrogens with one attached hydrogen (secondary N) is 2. The van der Waals surface area contributed by atoms with E-state index >= 15 is 0 Å². The number of guanidine groups is 1. The molecule has 2 N–H and O–H groups in total. The smallest absolute Gasteiger partial charge is 0.265 e. The van der Waals surface area contributed by atoms with Crippen LogP contribution in [0.4, 0.5) is 11.4 Å². The van der Waals surface area contributed by atoms with E-state index < -0.39 is 0 Å². The van der Waals surface area contributed by atoms with Gasteiger partial charge in [0.15, 0.2) is 24.1 Å². The van der Waals surface area contributed by atoms with Crippen LogP contribution in [0.1, 0.15) is 6.42 Å². The zero-order valence-corrected chi connectivity index (χ0v) is 19.6. The molecule has 0 radical (unpaired) electrons. The fourth-order valence-corrected chi connectivity index (χ4v) is 3.07. The summed E-state index contributed by atoms with van der Waals surface area (Å²) in [6.07, 6.45) is 0.757. The molecule has 1 amide bonds. The molecule has 8 nitrogen and oxygen atoms in total. The molecule has 2 aromatic rings. The summed E-state index contributed by atoms with van der Waals surface area (Å²) >= 11 is 0. The van der Waals surface area contributed by atoms with Gasteiger partial charge in [0.25, 0.3) is 5.91 Å².